The average Bonchev–Trinajstić information content (AvgIpc) is 2.78. The van der Waals surface area contributed by atoms with Crippen LogP contribution in [0.25, 0.3) is 0 Å². The normalized spacial score (nSPS) is 10.0. The molecule has 18 heavy (non-hydrogen) atoms. The Bertz CT molecular complexity index is 537. The second kappa shape index (κ2) is 5.87. The molecule has 0 radical (unpaired) electrons. The number of rotatable bonds is 5. The topological polar surface area (TPSA) is 50.8 Å². The van der Waals surface area contributed by atoms with Crippen LogP contribution in [-0.4, -0.2) is 16.2 Å². The molecule has 0 aliphatic carbocycles. The van der Waals surface area contributed by atoms with E-state index in [9.17, 15) is 0 Å². The first kappa shape index (κ1) is 12.2. The highest BCUT2D eigenvalue weighted by molar-refractivity contribution is 5.28. The monoisotopic (exact) mass is 241 g/mol. The lowest BCUT2D eigenvalue weighted by atomic mass is 10.2. The van der Waals surface area contributed by atoms with Gasteiger partial charge in [-0.25, -0.2) is 4.98 Å². The van der Waals surface area contributed by atoms with Crippen LogP contribution in [-0.2, 0) is 13.0 Å². The molecule has 1 aromatic heterocycles. The van der Waals surface area contributed by atoms with Crippen LogP contribution < -0.4 is 4.74 Å². The van der Waals surface area contributed by atoms with E-state index in [0.29, 0.717) is 13.0 Å². The van der Waals surface area contributed by atoms with Gasteiger partial charge in [0.15, 0.2) is 0 Å². The molecule has 1 aromatic carbocycles. The number of hydrogen-bond acceptors (Lipinski definition) is 3. The van der Waals surface area contributed by atoms with Crippen LogP contribution in [0.3, 0.4) is 0 Å². The summed E-state index contributed by atoms with van der Waals surface area (Å²) in [7, 11) is 0. The summed E-state index contributed by atoms with van der Waals surface area (Å²) in [6, 6.07) is 9.75. The van der Waals surface area contributed by atoms with E-state index < -0.39 is 0 Å². The number of ether oxygens (including phenoxy) is 1. The number of hydrogen-bond donors (Lipinski definition) is 0. The molecule has 2 aromatic rings. The van der Waals surface area contributed by atoms with Gasteiger partial charge in [-0.05, 0) is 24.6 Å². The molecule has 2 rings (SSSR count). The number of benzene rings is 1. The van der Waals surface area contributed by atoms with Gasteiger partial charge in [0.2, 0.25) is 0 Å². The highest BCUT2D eigenvalue weighted by Crippen LogP contribution is 2.12. The van der Waals surface area contributed by atoms with E-state index >= 15 is 0 Å². The maximum absolute atomic E-state index is 8.57. The van der Waals surface area contributed by atoms with Crippen molar-refractivity contribution in [3.8, 4) is 11.8 Å². The van der Waals surface area contributed by atoms with Gasteiger partial charge < -0.3 is 9.30 Å². The standard InChI is InChI=1S/C14H15N3O/c1-12-16-8-9-17(12)10-11-18-14-4-2-13(3-5-14)6-7-15/h2-5,8-9H,6,10-11H2,1H3. The molecule has 0 unspecified atom stereocenters. The SMILES string of the molecule is Cc1nccn1CCOc1ccc(CC#N)cc1. The van der Waals surface area contributed by atoms with Crippen molar-refractivity contribution in [1.29, 1.82) is 5.26 Å². The molecule has 0 aliphatic rings. The van der Waals surface area contributed by atoms with Crippen LogP contribution in [0.2, 0.25) is 0 Å². The Balaban J connectivity index is 1.83. The fraction of sp³-hybridized carbons (Fsp3) is 0.286. The summed E-state index contributed by atoms with van der Waals surface area (Å²) in [6.07, 6.45) is 4.16. The van der Waals surface area contributed by atoms with E-state index in [1.165, 1.54) is 0 Å². The van der Waals surface area contributed by atoms with Crippen LogP contribution in [0.15, 0.2) is 36.7 Å². The van der Waals surface area contributed by atoms with Crippen molar-refractivity contribution in [3.63, 3.8) is 0 Å². The minimum absolute atomic E-state index is 0.439. The second-order valence-corrected chi connectivity index (χ2v) is 4.00. The van der Waals surface area contributed by atoms with E-state index in [-0.39, 0.29) is 0 Å². The van der Waals surface area contributed by atoms with Gasteiger partial charge in [0.1, 0.15) is 18.2 Å². The predicted molar refractivity (Wildman–Crippen MR) is 68.2 cm³/mol. The Labute approximate surface area is 106 Å². The molecular weight excluding hydrogens is 226 g/mol. The van der Waals surface area contributed by atoms with Crippen LogP contribution >= 0.6 is 0 Å². The van der Waals surface area contributed by atoms with Gasteiger partial charge in [-0.2, -0.15) is 5.26 Å². The largest absolute Gasteiger partial charge is 0.492 e. The zero-order valence-electron chi connectivity index (χ0n) is 10.3. The minimum Gasteiger partial charge on any atom is -0.492 e. The number of nitrogens with zero attached hydrogens (tertiary/aromatic N) is 3. The third-order valence-electron chi connectivity index (χ3n) is 2.73. The second-order valence-electron chi connectivity index (χ2n) is 4.00. The van der Waals surface area contributed by atoms with Crippen LogP contribution in [0, 0.1) is 18.3 Å². The first-order valence-corrected chi connectivity index (χ1v) is 5.86. The van der Waals surface area contributed by atoms with Gasteiger partial charge >= 0.3 is 0 Å². The molecule has 0 bridgehead atoms. The maximum Gasteiger partial charge on any atom is 0.119 e. The lowest BCUT2D eigenvalue weighted by Crippen LogP contribution is -2.08. The average molecular weight is 241 g/mol. The zero-order valence-corrected chi connectivity index (χ0v) is 10.3. The van der Waals surface area contributed by atoms with Crippen LogP contribution in [0.1, 0.15) is 11.4 Å². The molecule has 0 fully saturated rings. The molecule has 0 saturated carbocycles. The summed E-state index contributed by atoms with van der Waals surface area (Å²) in [5, 5.41) is 8.57. The molecular formula is C14H15N3O. The molecule has 4 nitrogen and oxygen atoms in total. The van der Waals surface area contributed by atoms with E-state index in [4.69, 9.17) is 10.00 Å². The van der Waals surface area contributed by atoms with Crippen molar-refractivity contribution in [3.05, 3.63) is 48.0 Å². The molecule has 0 aliphatic heterocycles. The summed E-state index contributed by atoms with van der Waals surface area (Å²) in [5.41, 5.74) is 1.01. The van der Waals surface area contributed by atoms with Crippen molar-refractivity contribution >= 4 is 0 Å². The van der Waals surface area contributed by atoms with Gasteiger partial charge in [0.05, 0.1) is 19.0 Å². The molecule has 92 valence electrons. The lowest BCUT2D eigenvalue weighted by molar-refractivity contribution is 0.297. The third kappa shape index (κ3) is 3.11. The maximum atomic E-state index is 8.57. The third-order valence-corrected chi connectivity index (χ3v) is 2.73. The van der Waals surface area contributed by atoms with E-state index in [2.05, 4.69) is 11.1 Å². The van der Waals surface area contributed by atoms with E-state index in [0.717, 1.165) is 23.7 Å². The molecule has 1 heterocycles. The number of aromatic nitrogens is 2. The minimum atomic E-state index is 0.439. The van der Waals surface area contributed by atoms with Gasteiger partial charge in [0.25, 0.3) is 0 Å². The quantitative estimate of drug-likeness (QED) is 0.807. The van der Waals surface area contributed by atoms with E-state index in [1.54, 1.807) is 6.20 Å². The fourth-order valence-corrected chi connectivity index (χ4v) is 1.70. The predicted octanol–water partition coefficient (Wildman–Crippen LogP) is 2.34. The Kier molecular flexibility index (Phi) is 3.98. The fourth-order valence-electron chi connectivity index (χ4n) is 1.70. The van der Waals surface area contributed by atoms with E-state index in [1.807, 2.05) is 42.0 Å². The van der Waals surface area contributed by atoms with Crippen molar-refractivity contribution < 1.29 is 4.74 Å². The first-order valence-electron chi connectivity index (χ1n) is 5.86. The molecule has 0 atom stereocenters. The number of nitriles is 1. The van der Waals surface area contributed by atoms with Gasteiger partial charge in [0, 0.05) is 12.4 Å². The summed E-state index contributed by atoms with van der Waals surface area (Å²) in [4.78, 5) is 4.15. The smallest absolute Gasteiger partial charge is 0.119 e. The highest BCUT2D eigenvalue weighted by atomic mass is 16.5. The van der Waals surface area contributed by atoms with Gasteiger partial charge in [-0.15, -0.1) is 0 Å². The highest BCUT2D eigenvalue weighted by Gasteiger charge is 1.98. The zero-order chi connectivity index (χ0) is 12.8. The molecule has 0 spiro atoms. The van der Waals surface area contributed by atoms with Crippen LogP contribution in [0.5, 0.6) is 5.75 Å². The number of imidazole rings is 1. The summed E-state index contributed by atoms with van der Waals surface area (Å²) < 4.78 is 7.68. The van der Waals surface area contributed by atoms with Crippen molar-refractivity contribution in [1.82, 2.24) is 9.55 Å². The van der Waals surface area contributed by atoms with Crippen molar-refractivity contribution in [2.45, 2.75) is 19.9 Å². The Hall–Kier alpha value is -2.28. The summed E-state index contributed by atoms with van der Waals surface area (Å²) >= 11 is 0. The molecule has 0 N–H and O–H groups in total. The molecule has 0 saturated heterocycles. The number of aryl methyl sites for hydroxylation is 1. The lowest BCUT2D eigenvalue weighted by Gasteiger charge is -2.08. The summed E-state index contributed by atoms with van der Waals surface area (Å²) in [5.74, 6) is 1.82. The molecule has 4 heteroatoms. The Morgan fingerprint density at radius 3 is 2.72 bits per heavy atom. The Morgan fingerprint density at radius 1 is 1.33 bits per heavy atom. The molecule has 0 amide bonds. The van der Waals surface area contributed by atoms with Crippen molar-refractivity contribution in [2.75, 3.05) is 6.61 Å². The van der Waals surface area contributed by atoms with Crippen molar-refractivity contribution in [2.24, 2.45) is 0 Å². The Morgan fingerprint density at radius 2 is 2.11 bits per heavy atom. The van der Waals surface area contributed by atoms with Crippen LogP contribution in [0.4, 0.5) is 0 Å². The van der Waals surface area contributed by atoms with Gasteiger partial charge in [-0.3, -0.25) is 0 Å². The first-order chi connectivity index (χ1) is 8.79. The van der Waals surface area contributed by atoms with Gasteiger partial charge in [-0.1, -0.05) is 12.1 Å². The summed E-state index contributed by atoms with van der Waals surface area (Å²) in [6.45, 7) is 3.36.